The molecule has 2 aromatic rings. The highest BCUT2D eigenvalue weighted by Crippen LogP contribution is 2.33. The molecule has 2 aliphatic rings. The summed E-state index contributed by atoms with van der Waals surface area (Å²) in [6.07, 6.45) is 2.68. The Labute approximate surface area is 188 Å². The van der Waals surface area contributed by atoms with Gasteiger partial charge in [-0.15, -0.1) is 0 Å². The van der Waals surface area contributed by atoms with Gasteiger partial charge < -0.3 is 9.80 Å². The van der Waals surface area contributed by atoms with Gasteiger partial charge in [0.25, 0.3) is 0 Å². The Hall–Kier alpha value is -2.87. The highest BCUT2D eigenvalue weighted by atomic mass is 19.1. The minimum absolute atomic E-state index is 0.0231. The molecule has 3 heterocycles. The van der Waals surface area contributed by atoms with Crippen LogP contribution in [0.3, 0.4) is 0 Å². The van der Waals surface area contributed by atoms with Crippen LogP contribution in [-0.4, -0.2) is 65.3 Å². The topological polar surface area (TPSA) is 69.6 Å². The number of nitrogens with zero attached hydrogens (tertiary/aromatic N) is 5. The second-order valence-electron chi connectivity index (χ2n) is 8.97. The molecule has 170 valence electrons. The van der Waals surface area contributed by atoms with E-state index in [0.717, 1.165) is 35.5 Å². The van der Waals surface area contributed by atoms with Crippen molar-refractivity contribution in [1.82, 2.24) is 19.8 Å². The van der Waals surface area contributed by atoms with Crippen LogP contribution in [0.15, 0.2) is 24.3 Å². The summed E-state index contributed by atoms with van der Waals surface area (Å²) in [6, 6.07) is 6.22. The molecule has 0 atom stereocenters. The van der Waals surface area contributed by atoms with Gasteiger partial charge in [-0.1, -0.05) is 12.1 Å². The number of carbonyl (C=O) groups is 2. The van der Waals surface area contributed by atoms with E-state index in [1.165, 1.54) is 12.1 Å². The molecular weight excluding hydrogens is 409 g/mol. The number of fused-ring (bicyclic) bond motifs is 1. The summed E-state index contributed by atoms with van der Waals surface area (Å²) in [7, 11) is 3.79. The third kappa shape index (κ3) is 4.80. The highest BCUT2D eigenvalue weighted by Gasteiger charge is 2.31. The van der Waals surface area contributed by atoms with Gasteiger partial charge >= 0.3 is 0 Å². The zero-order valence-electron chi connectivity index (χ0n) is 19.0. The van der Waals surface area contributed by atoms with Crippen molar-refractivity contribution in [2.75, 3.05) is 38.6 Å². The van der Waals surface area contributed by atoms with Gasteiger partial charge in [0, 0.05) is 36.7 Å². The Morgan fingerprint density at radius 1 is 1.12 bits per heavy atom. The number of likely N-dealkylation sites (tertiary alicyclic amines) is 1. The fourth-order valence-corrected chi connectivity index (χ4v) is 4.48. The lowest BCUT2D eigenvalue weighted by molar-refractivity contribution is -0.132. The Kier molecular flexibility index (Phi) is 6.50. The van der Waals surface area contributed by atoms with Gasteiger partial charge in [-0.3, -0.25) is 14.5 Å². The van der Waals surface area contributed by atoms with E-state index in [0.29, 0.717) is 44.8 Å². The van der Waals surface area contributed by atoms with E-state index in [1.807, 2.05) is 30.8 Å². The smallest absolute Gasteiger partial charge is 0.236 e. The van der Waals surface area contributed by atoms with E-state index in [2.05, 4.69) is 0 Å². The van der Waals surface area contributed by atoms with Gasteiger partial charge in [-0.25, -0.2) is 14.4 Å². The van der Waals surface area contributed by atoms with Crippen LogP contribution >= 0.6 is 0 Å². The number of amides is 2. The Balaban J connectivity index is 1.54. The molecule has 1 fully saturated rings. The van der Waals surface area contributed by atoms with Crippen LogP contribution in [0, 0.1) is 12.7 Å². The predicted octanol–water partition coefficient (Wildman–Crippen LogP) is 2.67. The fraction of sp³-hybridized carbons (Fsp3) is 0.500. The lowest BCUT2D eigenvalue weighted by Crippen LogP contribution is -2.42. The normalized spacial score (nSPS) is 17.1. The zero-order valence-corrected chi connectivity index (χ0v) is 19.0. The number of anilines is 1. The number of rotatable bonds is 5. The Bertz CT molecular complexity index is 1000. The van der Waals surface area contributed by atoms with Crippen molar-refractivity contribution in [3.63, 3.8) is 0 Å². The minimum Gasteiger partial charge on any atom is -0.342 e. The molecular formula is C24H30FN5O2. The van der Waals surface area contributed by atoms with E-state index in [-0.39, 0.29) is 23.5 Å². The summed E-state index contributed by atoms with van der Waals surface area (Å²) in [5.41, 5.74) is 2.78. The number of likely N-dealkylation sites (N-methyl/N-ethyl adjacent to an activating group) is 1. The first-order chi connectivity index (χ1) is 15.3. The summed E-state index contributed by atoms with van der Waals surface area (Å²) < 4.78 is 13.3. The van der Waals surface area contributed by atoms with Crippen LogP contribution in [0.25, 0.3) is 0 Å². The molecule has 2 aliphatic heterocycles. The first-order valence-electron chi connectivity index (χ1n) is 11.2. The molecule has 0 N–H and O–H groups in total. The first kappa shape index (κ1) is 22.3. The molecule has 32 heavy (non-hydrogen) atoms. The van der Waals surface area contributed by atoms with Crippen molar-refractivity contribution in [1.29, 1.82) is 0 Å². The molecule has 1 aromatic carbocycles. The lowest BCUT2D eigenvalue weighted by atomic mass is 9.94. The number of benzene rings is 1. The van der Waals surface area contributed by atoms with Gasteiger partial charge in [0.05, 0.1) is 13.1 Å². The molecule has 0 aliphatic carbocycles. The SMILES string of the molecule is Cc1nc(C2CCN(C(=O)CN(C)C)CC2)nc2c1CCC(=O)N2Cc1ccc(F)cc1. The number of hydrogen-bond acceptors (Lipinski definition) is 5. The molecule has 4 rings (SSSR count). The summed E-state index contributed by atoms with van der Waals surface area (Å²) in [6.45, 7) is 4.13. The molecule has 0 saturated carbocycles. The molecule has 2 amide bonds. The summed E-state index contributed by atoms with van der Waals surface area (Å²) in [5.74, 6) is 1.46. The number of aryl methyl sites for hydroxylation is 1. The average Bonchev–Trinajstić information content (AvgIpc) is 2.76. The summed E-state index contributed by atoms with van der Waals surface area (Å²) in [5, 5.41) is 0. The van der Waals surface area contributed by atoms with Gasteiger partial charge in [-0.05, 0) is 58.0 Å². The van der Waals surface area contributed by atoms with Crippen molar-refractivity contribution >= 4 is 17.6 Å². The molecule has 1 aromatic heterocycles. The molecule has 0 unspecified atom stereocenters. The van der Waals surface area contributed by atoms with Crippen LogP contribution in [-0.2, 0) is 22.6 Å². The fourth-order valence-electron chi connectivity index (χ4n) is 4.48. The van der Waals surface area contributed by atoms with Crippen molar-refractivity contribution in [3.05, 3.63) is 52.7 Å². The zero-order chi connectivity index (χ0) is 22.8. The van der Waals surface area contributed by atoms with Gasteiger partial charge in [0.15, 0.2) is 0 Å². The lowest BCUT2D eigenvalue weighted by Gasteiger charge is -2.34. The van der Waals surface area contributed by atoms with Crippen LogP contribution in [0.5, 0.6) is 0 Å². The van der Waals surface area contributed by atoms with E-state index >= 15 is 0 Å². The van der Waals surface area contributed by atoms with Gasteiger partial charge in [0.1, 0.15) is 17.5 Å². The van der Waals surface area contributed by atoms with E-state index in [4.69, 9.17) is 9.97 Å². The molecule has 0 radical (unpaired) electrons. The van der Waals surface area contributed by atoms with Crippen LogP contribution in [0.1, 0.15) is 47.8 Å². The van der Waals surface area contributed by atoms with Gasteiger partial charge in [0.2, 0.25) is 11.8 Å². The van der Waals surface area contributed by atoms with Crippen molar-refractivity contribution < 1.29 is 14.0 Å². The van der Waals surface area contributed by atoms with Gasteiger partial charge in [-0.2, -0.15) is 0 Å². The largest absolute Gasteiger partial charge is 0.342 e. The third-order valence-electron chi connectivity index (χ3n) is 6.27. The van der Waals surface area contributed by atoms with Crippen LogP contribution < -0.4 is 4.90 Å². The van der Waals surface area contributed by atoms with E-state index in [1.54, 1.807) is 17.0 Å². The molecule has 1 saturated heterocycles. The maximum atomic E-state index is 13.3. The minimum atomic E-state index is -0.296. The maximum absolute atomic E-state index is 13.3. The standard InChI is InChI=1S/C24H30FN5O2/c1-16-20-8-9-21(31)30(14-17-4-6-19(25)7-5-17)24(20)27-23(26-16)18-10-12-29(13-11-18)22(32)15-28(2)3/h4-7,18H,8-15H2,1-3H3. The van der Waals surface area contributed by atoms with Crippen molar-refractivity contribution in [2.24, 2.45) is 0 Å². The molecule has 0 spiro atoms. The maximum Gasteiger partial charge on any atom is 0.236 e. The first-order valence-corrected chi connectivity index (χ1v) is 11.2. The van der Waals surface area contributed by atoms with E-state index < -0.39 is 0 Å². The molecule has 8 heteroatoms. The quantitative estimate of drug-likeness (QED) is 0.717. The Morgan fingerprint density at radius 3 is 2.47 bits per heavy atom. The van der Waals surface area contributed by atoms with Crippen LogP contribution in [0.2, 0.25) is 0 Å². The van der Waals surface area contributed by atoms with Crippen molar-refractivity contribution in [2.45, 2.75) is 45.1 Å². The van der Waals surface area contributed by atoms with Crippen molar-refractivity contribution in [3.8, 4) is 0 Å². The second-order valence-corrected chi connectivity index (χ2v) is 8.97. The average molecular weight is 440 g/mol. The number of hydrogen-bond donors (Lipinski definition) is 0. The second kappa shape index (κ2) is 9.32. The number of aromatic nitrogens is 2. The Morgan fingerprint density at radius 2 is 1.81 bits per heavy atom. The third-order valence-corrected chi connectivity index (χ3v) is 6.27. The predicted molar refractivity (Wildman–Crippen MR) is 120 cm³/mol. The highest BCUT2D eigenvalue weighted by molar-refractivity contribution is 5.95. The monoisotopic (exact) mass is 439 g/mol. The summed E-state index contributed by atoms with van der Waals surface area (Å²) in [4.78, 5) is 40.3. The summed E-state index contributed by atoms with van der Waals surface area (Å²) >= 11 is 0. The van der Waals surface area contributed by atoms with Crippen LogP contribution in [0.4, 0.5) is 10.2 Å². The number of piperidine rings is 1. The number of carbonyl (C=O) groups excluding carboxylic acids is 2. The molecule has 7 nitrogen and oxygen atoms in total. The molecule has 0 bridgehead atoms. The van der Waals surface area contributed by atoms with E-state index in [9.17, 15) is 14.0 Å². The number of halogens is 1.